The SMILES string of the molecule is O=C(O)CN1CCN(CC(=O)O)CCN(CC(=O)O)CC(Cc2ccc([N+](=O)[O-])cc2)CN(CC(=O)O)CC1.O=S(=O)(O)NC1CCCCC1. The number of non-ortho nitro benzene ring substituents is 1. The second kappa shape index (κ2) is 21.4. The molecule has 282 valence electrons. The van der Waals surface area contributed by atoms with E-state index in [4.69, 9.17) is 4.55 Å². The lowest BCUT2D eigenvalue weighted by atomic mass is 9.96. The normalized spacial score (nSPS) is 18.8. The van der Waals surface area contributed by atoms with E-state index in [1.165, 1.54) is 18.6 Å². The molecule has 1 aromatic carbocycles. The van der Waals surface area contributed by atoms with E-state index in [1.807, 2.05) is 0 Å². The van der Waals surface area contributed by atoms with Crippen molar-refractivity contribution in [3.05, 3.63) is 39.9 Å². The highest BCUT2D eigenvalue weighted by Gasteiger charge is 2.25. The topological polar surface area (TPSA) is 272 Å². The lowest BCUT2D eigenvalue weighted by Gasteiger charge is -2.31. The van der Waals surface area contributed by atoms with Crippen LogP contribution >= 0.6 is 0 Å². The number of carbonyl (C=O) groups is 4. The van der Waals surface area contributed by atoms with Crippen LogP contribution in [0.3, 0.4) is 0 Å². The van der Waals surface area contributed by atoms with E-state index in [2.05, 4.69) is 4.72 Å². The van der Waals surface area contributed by atoms with Gasteiger partial charge in [0.05, 0.1) is 31.1 Å². The summed E-state index contributed by atoms with van der Waals surface area (Å²) in [7, 11) is -3.97. The number of hydrogen-bond acceptors (Lipinski definition) is 12. The van der Waals surface area contributed by atoms with Gasteiger partial charge in [-0.05, 0) is 30.7 Å². The van der Waals surface area contributed by atoms with Gasteiger partial charge in [0.2, 0.25) is 0 Å². The second-order valence-electron chi connectivity index (χ2n) is 12.5. The number of carboxylic acids is 4. The van der Waals surface area contributed by atoms with Gasteiger partial charge in [0.25, 0.3) is 5.69 Å². The smallest absolute Gasteiger partial charge is 0.333 e. The van der Waals surface area contributed by atoms with Crippen molar-refractivity contribution >= 4 is 39.9 Å². The Morgan fingerprint density at radius 1 is 0.700 bits per heavy atom. The molecule has 0 amide bonds. The van der Waals surface area contributed by atoms with E-state index in [0.717, 1.165) is 31.2 Å². The van der Waals surface area contributed by atoms with Gasteiger partial charge >= 0.3 is 34.2 Å². The highest BCUT2D eigenvalue weighted by molar-refractivity contribution is 7.83. The summed E-state index contributed by atoms with van der Waals surface area (Å²) < 4.78 is 31.3. The van der Waals surface area contributed by atoms with Crippen LogP contribution in [0.1, 0.15) is 37.7 Å². The molecule has 2 aliphatic rings. The van der Waals surface area contributed by atoms with E-state index < -0.39 is 39.1 Å². The van der Waals surface area contributed by atoms with E-state index >= 15 is 0 Å². The molecule has 3 rings (SSSR count). The molecule has 1 heterocycles. The van der Waals surface area contributed by atoms with E-state index in [1.54, 1.807) is 31.7 Å². The summed E-state index contributed by atoms with van der Waals surface area (Å²) in [5.74, 6) is -4.58. The zero-order chi connectivity index (χ0) is 37.3. The molecule has 20 heteroatoms. The number of benzene rings is 1. The van der Waals surface area contributed by atoms with Crippen molar-refractivity contribution in [1.29, 1.82) is 0 Å². The summed E-state index contributed by atoms with van der Waals surface area (Å²) in [4.78, 5) is 63.1. The molecule has 1 saturated carbocycles. The number of nitrogens with zero attached hydrogens (tertiary/aromatic N) is 5. The van der Waals surface area contributed by atoms with Crippen LogP contribution in [0.4, 0.5) is 5.69 Å². The predicted molar refractivity (Wildman–Crippen MR) is 178 cm³/mol. The first kappa shape index (κ1) is 42.4. The first-order valence-corrected chi connectivity index (χ1v) is 17.7. The third-order valence-electron chi connectivity index (χ3n) is 8.26. The number of nitrogens with one attached hydrogen (secondary N) is 1. The Balaban J connectivity index is 0.000000666. The van der Waals surface area contributed by atoms with Gasteiger partial charge in [0.1, 0.15) is 0 Å². The summed E-state index contributed by atoms with van der Waals surface area (Å²) >= 11 is 0. The van der Waals surface area contributed by atoms with E-state index in [-0.39, 0.29) is 96.2 Å². The molecular formula is C30H48N6O13S. The highest BCUT2D eigenvalue weighted by atomic mass is 32.2. The Labute approximate surface area is 290 Å². The second-order valence-corrected chi connectivity index (χ2v) is 13.7. The fraction of sp³-hybridized carbons (Fsp3) is 0.667. The van der Waals surface area contributed by atoms with Crippen LogP contribution in [0.15, 0.2) is 24.3 Å². The Kier molecular flexibility index (Phi) is 18.2. The zero-order valence-electron chi connectivity index (χ0n) is 27.8. The van der Waals surface area contributed by atoms with Crippen LogP contribution in [0.5, 0.6) is 0 Å². The van der Waals surface area contributed by atoms with E-state index in [0.29, 0.717) is 6.42 Å². The predicted octanol–water partition coefficient (Wildman–Crippen LogP) is 0.0250. The first-order valence-electron chi connectivity index (χ1n) is 16.2. The maximum absolute atomic E-state index is 11.6. The largest absolute Gasteiger partial charge is 0.480 e. The number of nitro benzene ring substituents is 1. The molecule has 19 nitrogen and oxygen atoms in total. The Bertz CT molecular complexity index is 1330. The molecule has 0 bridgehead atoms. The van der Waals surface area contributed by atoms with Crippen LogP contribution < -0.4 is 4.72 Å². The zero-order valence-corrected chi connectivity index (χ0v) is 28.7. The van der Waals surface area contributed by atoms with Crippen LogP contribution in [0.25, 0.3) is 0 Å². The minimum absolute atomic E-state index is 0.0428. The third-order valence-corrected chi connectivity index (χ3v) is 8.89. The number of hydrogen-bond donors (Lipinski definition) is 6. The number of carboxylic acid groups (broad SMARTS) is 4. The summed E-state index contributed by atoms with van der Waals surface area (Å²) in [5.41, 5.74) is 0.672. The number of nitro groups is 1. The average molecular weight is 733 g/mol. The summed E-state index contributed by atoms with van der Waals surface area (Å²) in [6.07, 6.45) is 5.34. The van der Waals surface area contributed by atoms with Gasteiger partial charge in [0, 0.05) is 70.5 Å². The minimum atomic E-state index is -3.97. The molecule has 1 aliphatic heterocycles. The Morgan fingerprint density at radius 2 is 1.08 bits per heavy atom. The summed E-state index contributed by atoms with van der Waals surface area (Å²) in [6, 6.07) is 5.90. The molecule has 2 fully saturated rings. The third kappa shape index (κ3) is 18.8. The summed E-state index contributed by atoms with van der Waals surface area (Å²) in [5, 5.41) is 48.7. The molecule has 0 atom stereocenters. The van der Waals surface area contributed by atoms with Gasteiger partial charge in [-0.25, -0.2) is 0 Å². The van der Waals surface area contributed by atoms with E-state index in [9.17, 15) is 58.1 Å². The van der Waals surface area contributed by atoms with Gasteiger partial charge in [0.15, 0.2) is 0 Å². The highest BCUT2D eigenvalue weighted by Crippen LogP contribution is 2.19. The van der Waals surface area contributed by atoms with Crippen LogP contribution in [-0.4, -0.2) is 166 Å². The fourth-order valence-electron chi connectivity index (χ4n) is 6.06. The van der Waals surface area contributed by atoms with Crippen molar-refractivity contribution in [3.8, 4) is 0 Å². The molecule has 0 unspecified atom stereocenters. The summed E-state index contributed by atoms with van der Waals surface area (Å²) in [6.45, 7) is 0.590. The number of aliphatic carboxylic acids is 4. The van der Waals surface area contributed by atoms with Crippen molar-refractivity contribution in [2.24, 2.45) is 5.92 Å². The van der Waals surface area contributed by atoms with Crippen LogP contribution in [0.2, 0.25) is 0 Å². The molecule has 50 heavy (non-hydrogen) atoms. The van der Waals surface area contributed by atoms with Crippen molar-refractivity contribution in [2.45, 2.75) is 44.6 Å². The molecular weight excluding hydrogens is 684 g/mol. The molecule has 6 N–H and O–H groups in total. The van der Waals surface area contributed by atoms with Gasteiger partial charge < -0.3 is 20.4 Å². The fourth-order valence-corrected chi connectivity index (χ4v) is 6.72. The minimum Gasteiger partial charge on any atom is -0.480 e. The van der Waals surface area contributed by atoms with Crippen molar-refractivity contribution < 1.29 is 57.5 Å². The lowest BCUT2D eigenvalue weighted by molar-refractivity contribution is -0.384. The first-order chi connectivity index (χ1) is 23.5. The molecule has 1 aromatic rings. The van der Waals surface area contributed by atoms with Crippen molar-refractivity contribution in [2.75, 3.05) is 78.5 Å². The maximum Gasteiger partial charge on any atom is 0.333 e. The van der Waals surface area contributed by atoms with Crippen molar-refractivity contribution in [3.63, 3.8) is 0 Å². The van der Waals surface area contributed by atoms with Gasteiger partial charge in [-0.3, -0.25) is 53.4 Å². The molecule has 1 saturated heterocycles. The lowest BCUT2D eigenvalue weighted by Crippen LogP contribution is -2.44. The quantitative estimate of drug-likeness (QED) is 0.0886. The number of rotatable bonds is 13. The van der Waals surface area contributed by atoms with Gasteiger partial charge in [-0.2, -0.15) is 13.1 Å². The molecule has 0 radical (unpaired) electrons. The van der Waals surface area contributed by atoms with Gasteiger partial charge in [-0.1, -0.05) is 31.4 Å². The molecule has 0 spiro atoms. The monoisotopic (exact) mass is 732 g/mol. The standard InChI is InChI=1S/C24H35N5O10.C6H13NO3S/c30-21(31)14-25-5-6-26(15-22(32)33)8-10-28(17-24(36)37)13-19(12-27(9-7-25)16-23(34)35)11-18-1-3-20(4-2-18)29(38)39;8-11(9,10)7-6-4-2-1-3-5-6/h1-4,19H,5-17H2,(H,30,31)(H,32,33)(H,34,35)(H,36,37);6-7H,1-5H2,(H,8,9,10). The Morgan fingerprint density at radius 3 is 1.44 bits per heavy atom. The Hall–Kier alpha value is -3.79. The van der Waals surface area contributed by atoms with Crippen molar-refractivity contribution in [1.82, 2.24) is 24.3 Å². The average Bonchev–Trinajstić information content (AvgIpc) is 3.00. The van der Waals surface area contributed by atoms with Crippen LogP contribution in [-0.2, 0) is 35.9 Å². The van der Waals surface area contributed by atoms with Crippen LogP contribution in [0, 0.1) is 16.0 Å². The molecule has 1 aliphatic carbocycles. The molecule has 0 aromatic heterocycles. The maximum atomic E-state index is 11.6. The van der Waals surface area contributed by atoms with Gasteiger partial charge in [-0.15, -0.1) is 0 Å².